The molecule has 0 saturated carbocycles. The zero-order valence-electron chi connectivity index (χ0n) is 10.5. The average molecular weight is 232 g/mol. The third-order valence-corrected chi connectivity index (χ3v) is 3.08. The van der Waals surface area contributed by atoms with Gasteiger partial charge in [0.2, 0.25) is 0 Å². The number of aromatic nitrogens is 1. The van der Waals surface area contributed by atoms with Gasteiger partial charge in [0.25, 0.3) is 0 Å². The van der Waals surface area contributed by atoms with Crippen LogP contribution in [0, 0.1) is 0 Å². The second kappa shape index (κ2) is 5.23. The molecule has 3 N–H and O–H groups in total. The fourth-order valence-corrected chi connectivity index (χ4v) is 2.35. The van der Waals surface area contributed by atoms with E-state index < -0.39 is 0 Å². The van der Waals surface area contributed by atoms with Crippen molar-refractivity contribution in [2.45, 2.75) is 26.7 Å². The van der Waals surface area contributed by atoms with Crippen LogP contribution in [0.25, 0.3) is 10.9 Å². The van der Waals surface area contributed by atoms with E-state index in [1.54, 1.807) is 12.1 Å². The second-order valence-corrected chi connectivity index (χ2v) is 4.06. The zero-order valence-corrected chi connectivity index (χ0v) is 10.5. The monoisotopic (exact) mass is 232 g/mol. The molecule has 3 heteroatoms. The van der Waals surface area contributed by atoms with E-state index in [9.17, 15) is 5.11 Å². The summed E-state index contributed by atoms with van der Waals surface area (Å²) < 4.78 is 0. The van der Waals surface area contributed by atoms with Crippen molar-refractivity contribution in [1.82, 2.24) is 10.3 Å². The Balaban J connectivity index is 0.000000514. The van der Waals surface area contributed by atoms with Crippen molar-refractivity contribution in [2.75, 3.05) is 13.1 Å². The van der Waals surface area contributed by atoms with Gasteiger partial charge in [-0.2, -0.15) is 0 Å². The van der Waals surface area contributed by atoms with E-state index in [2.05, 4.69) is 10.3 Å². The second-order valence-electron chi connectivity index (χ2n) is 4.06. The SMILES string of the molecule is CC.Oc1ccc2c3c([nH]c2c1)CCNCC3. The maximum atomic E-state index is 9.41. The number of phenolic OH excluding ortho intramolecular Hbond substituents is 1. The normalized spacial score (nSPS) is 14.7. The number of aromatic amines is 1. The zero-order chi connectivity index (χ0) is 12.3. The maximum Gasteiger partial charge on any atom is 0.117 e. The number of benzene rings is 1. The molecule has 17 heavy (non-hydrogen) atoms. The number of H-pyrrole nitrogens is 1. The van der Waals surface area contributed by atoms with Crippen LogP contribution in [0.1, 0.15) is 25.1 Å². The lowest BCUT2D eigenvalue weighted by Crippen LogP contribution is -2.16. The van der Waals surface area contributed by atoms with Crippen LogP contribution >= 0.6 is 0 Å². The molecule has 0 amide bonds. The molecule has 0 fully saturated rings. The van der Waals surface area contributed by atoms with Gasteiger partial charge in [0.15, 0.2) is 0 Å². The summed E-state index contributed by atoms with van der Waals surface area (Å²) >= 11 is 0. The first-order chi connectivity index (χ1) is 8.34. The number of aromatic hydroxyl groups is 1. The fraction of sp³-hybridized carbons (Fsp3) is 0.429. The van der Waals surface area contributed by atoms with Crippen LogP contribution in [0.3, 0.4) is 0 Å². The molecule has 3 nitrogen and oxygen atoms in total. The molecule has 0 aliphatic carbocycles. The third kappa shape index (κ3) is 2.29. The molecule has 0 spiro atoms. The summed E-state index contributed by atoms with van der Waals surface area (Å²) in [5, 5.41) is 14.1. The number of fused-ring (bicyclic) bond motifs is 3. The van der Waals surface area contributed by atoms with Gasteiger partial charge in [-0.05, 0) is 30.7 Å². The first kappa shape index (κ1) is 12.0. The van der Waals surface area contributed by atoms with Crippen LogP contribution in [-0.2, 0) is 12.8 Å². The minimum atomic E-state index is 0.331. The summed E-state index contributed by atoms with van der Waals surface area (Å²) in [6, 6.07) is 5.57. The van der Waals surface area contributed by atoms with Crippen molar-refractivity contribution in [2.24, 2.45) is 0 Å². The Morgan fingerprint density at radius 3 is 2.71 bits per heavy atom. The Kier molecular flexibility index (Phi) is 3.69. The van der Waals surface area contributed by atoms with E-state index in [1.807, 2.05) is 19.9 Å². The predicted octanol–water partition coefficient (Wildman–Crippen LogP) is 2.59. The average Bonchev–Trinajstić information content (AvgIpc) is 2.54. The van der Waals surface area contributed by atoms with Gasteiger partial charge >= 0.3 is 0 Å². The highest BCUT2D eigenvalue weighted by molar-refractivity contribution is 5.86. The molecule has 92 valence electrons. The van der Waals surface area contributed by atoms with Crippen LogP contribution in [0.4, 0.5) is 0 Å². The van der Waals surface area contributed by atoms with Crippen LogP contribution in [0.2, 0.25) is 0 Å². The molecule has 1 aromatic carbocycles. The van der Waals surface area contributed by atoms with Crippen molar-refractivity contribution < 1.29 is 5.11 Å². The molecule has 3 rings (SSSR count). The number of nitrogens with one attached hydrogen (secondary N) is 2. The number of phenols is 1. The number of rotatable bonds is 0. The molecule has 2 heterocycles. The Morgan fingerprint density at radius 2 is 1.88 bits per heavy atom. The minimum Gasteiger partial charge on any atom is -0.508 e. The molecule has 0 saturated heterocycles. The van der Waals surface area contributed by atoms with E-state index >= 15 is 0 Å². The summed E-state index contributed by atoms with van der Waals surface area (Å²) in [6.07, 6.45) is 2.12. The number of hydrogen-bond donors (Lipinski definition) is 3. The topological polar surface area (TPSA) is 48.0 Å². The van der Waals surface area contributed by atoms with E-state index in [-0.39, 0.29) is 0 Å². The van der Waals surface area contributed by atoms with Gasteiger partial charge < -0.3 is 15.4 Å². The summed E-state index contributed by atoms with van der Waals surface area (Å²) in [5.74, 6) is 0.331. The summed E-state index contributed by atoms with van der Waals surface area (Å²) in [4.78, 5) is 3.40. The van der Waals surface area contributed by atoms with Crippen molar-refractivity contribution in [1.29, 1.82) is 0 Å². The smallest absolute Gasteiger partial charge is 0.117 e. The molecule has 0 atom stereocenters. The fourth-order valence-electron chi connectivity index (χ4n) is 2.35. The highest BCUT2D eigenvalue weighted by Gasteiger charge is 2.13. The lowest BCUT2D eigenvalue weighted by Gasteiger charge is -1.98. The molecule has 0 bridgehead atoms. The first-order valence-electron chi connectivity index (χ1n) is 6.38. The standard InChI is InChI=1S/C12H14N2O.C2H6/c15-8-1-2-9-10-3-5-13-6-4-11(10)14-12(9)7-8;1-2/h1-2,7,13-15H,3-6H2;1-2H3. The summed E-state index contributed by atoms with van der Waals surface area (Å²) in [5.41, 5.74) is 3.79. The highest BCUT2D eigenvalue weighted by Crippen LogP contribution is 2.27. The quantitative estimate of drug-likeness (QED) is 0.654. The van der Waals surface area contributed by atoms with Gasteiger partial charge in [-0.3, -0.25) is 0 Å². The van der Waals surface area contributed by atoms with E-state index in [1.165, 1.54) is 16.6 Å². The molecule has 1 aromatic heterocycles. The lowest BCUT2D eigenvalue weighted by molar-refractivity contribution is 0.476. The van der Waals surface area contributed by atoms with Crippen molar-refractivity contribution >= 4 is 10.9 Å². The van der Waals surface area contributed by atoms with Gasteiger partial charge in [-0.25, -0.2) is 0 Å². The summed E-state index contributed by atoms with van der Waals surface area (Å²) in [7, 11) is 0. The minimum absolute atomic E-state index is 0.331. The van der Waals surface area contributed by atoms with Gasteiger partial charge in [0.05, 0.1) is 0 Å². The Hall–Kier alpha value is -1.48. The molecule has 1 aliphatic rings. The molecule has 0 unspecified atom stereocenters. The largest absolute Gasteiger partial charge is 0.508 e. The Labute approximate surface area is 102 Å². The van der Waals surface area contributed by atoms with Gasteiger partial charge in [-0.1, -0.05) is 13.8 Å². The lowest BCUT2D eigenvalue weighted by atomic mass is 10.1. The molecular weight excluding hydrogens is 212 g/mol. The van der Waals surface area contributed by atoms with Crippen LogP contribution < -0.4 is 5.32 Å². The molecular formula is C14H20N2O. The number of hydrogen-bond acceptors (Lipinski definition) is 2. The third-order valence-electron chi connectivity index (χ3n) is 3.08. The predicted molar refractivity (Wildman–Crippen MR) is 71.6 cm³/mol. The molecule has 1 aliphatic heterocycles. The van der Waals surface area contributed by atoms with E-state index in [0.29, 0.717) is 5.75 Å². The van der Waals surface area contributed by atoms with Crippen molar-refractivity contribution in [3.8, 4) is 5.75 Å². The maximum absolute atomic E-state index is 9.41. The Morgan fingerprint density at radius 1 is 1.12 bits per heavy atom. The van der Waals surface area contributed by atoms with Gasteiger partial charge in [0.1, 0.15) is 5.75 Å². The van der Waals surface area contributed by atoms with E-state index in [0.717, 1.165) is 31.4 Å². The summed E-state index contributed by atoms with van der Waals surface area (Å²) in [6.45, 7) is 6.08. The molecule has 0 radical (unpaired) electrons. The Bertz CT molecular complexity index is 502. The van der Waals surface area contributed by atoms with E-state index in [4.69, 9.17) is 0 Å². The highest BCUT2D eigenvalue weighted by atomic mass is 16.3. The first-order valence-corrected chi connectivity index (χ1v) is 6.38. The van der Waals surface area contributed by atoms with Crippen molar-refractivity contribution in [3.05, 3.63) is 29.5 Å². The van der Waals surface area contributed by atoms with Crippen LogP contribution in [0.5, 0.6) is 5.75 Å². The van der Waals surface area contributed by atoms with Gasteiger partial charge in [-0.15, -0.1) is 0 Å². The van der Waals surface area contributed by atoms with Crippen LogP contribution in [0.15, 0.2) is 18.2 Å². The molecule has 2 aromatic rings. The van der Waals surface area contributed by atoms with Crippen molar-refractivity contribution in [3.63, 3.8) is 0 Å². The van der Waals surface area contributed by atoms with Gasteiger partial charge in [0, 0.05) is 35.6 Å². The van der Waals surface area contributed by atoms with Crippen LogP contribution in [-0.4, -0.2) is 23.2 Å².